The molecule has 1 saturated heterocycles. The normalized spacial score (nSPS) is 20.4. The number of aromatic nitrogens is 1. The predicted molar refractivity (Wildman–Crippen MR) is 97.6 cm³/mol. The predicted octanol–water partition coefficient (Wildman–Crippen LogP) is 3.53. The zero-order valence-corrected chi connectivity index (χ0v) is 15.2. The van der Waals surface area contributed by atoms with Crippen LogP contribution in [0.4, 0.5) is 0 Å². The lowest BCUT2D eigenvalue weighted by Gasteiger charge is -2.32. The maximum atomic E-state index is 6.18. The van der Waals surface area contributed by atoms with Gasteiger partial charge >= 0.3 is 7.12 Å². The van der Waals surface area contributed by atoms with E-state index in [1.165, 1.54) is 4.70 Å². The van der Waals surface area contributed by atoms with Crippen LogP contribution in [0.2, 0.25) is 0 Å². The zero-order valence-electron chi connectivity index (χ0n) is 14.3. The van der Waals surface area contributed by atoms with E-state index in [9.17, 15) is 0 Å². The lowest BCUT2D eigenvalue weighted by Crippen LogP contribution is -2.41. The molecule has 1 N–H and O–H groups in total. The molecule has 1 aliphatic rings. The Morgan fingerprint density at radius 2 is 1.96 bits per heavy atom. The van der Waals surface area contributed by atoms with Gasteiger partial charge in [-0.15, -0.1) is 11.3 Å². The van der Waals surface area contributed by atoms with Crippen molar-refractivity contribution in [1.29, 1.82) is 0 Å². The van der Waals surface area contributed by atoms with Gasteiger partial charge in [0.05, 0.1) is 26.9 Å². The first-order valence-corrected chi connectivity index (χ1v) is 8.74. The monoisotopic (exact) mass is 330 g/mol. The maximum absolute atomic E-state index is 6.18. The number of nitrogens with zero attached hydrogens (tertiary/aromatic N) is 1. The molecule has 0 saturated carbocycles. The minimum Gasteiger partial charge on any atom is -0.400 e. The van der Waals surface area contributed by atoms with Crippen molar-refractivity contribution >= 4 is 34.7 Å². The van der Waals surface area contributed by atoms with E-state index in [1.807, 2.05) is 12.6 Å². The van der Waals surface area contributed by atoms with E-state index >= 15 is 0 Å². The average Bonchev–Trinajstić information content (AvgIpc) is 3.00. The zero-order chi connectivity index (χ0) is 16.7. The van der Waals surface area contributed by atoms with Crippen molar-refractivity contribution < 1.29 is 9.31 Å². The van der Waals surface area contributed by atoms with Crippen LogP contribution in [0.25, 0.3) is 16.3 Å². The van der Waals surface area contributed by atoms with Crippen LogP contribution in [0.1, 0.15) is 33.3 Å². The highest BCUT2D eigenvalue weighted by atomic mass is 32.1. The summed E-state index contributed by atoms with van der Waals surface area (Å²) in [5.41, 5.74) is 4.44. The largest absolute Gasteiger partial charge is 0.491 e. The number of hydrogen-bond acceptors (Lipinski definition) is 5. The molecule has 1 aromatic carbocycles. The lowest BCUT2D eigenvalue weighted by molar-refractivity contribution is 0.00578. The van der Waals surface area contributed by atoms with E-state index in [2.05, 4.69) is 62.3 Å². The quantitative estimate of drug-likeness (QED) is 0.871. The van der Waals surface area contributed by atoms with Gasteiger partial charge in [0, 0.05) is 6.54 Å². The first kappa shape index (κ1) is 16.6. The van der Waals surface area contributed by atoms with Crippen LogP contribution >= 0.6 is 11.3 Å². The summed E-state index contributed by atoms with van der Waals surface area (Å²) in [6.45, 7) is 9.01. The van der Waals surface area contributed by atoms with Crippen LogP contribution in [0.3, 0.4) is 0 Å². The third-order valence-corrected chi connectivity index (χ3v) is 5.45. The van der Waals surface area contributed by atoms with Crippen LogP contribution < -0.4 is 5.32 Å². The smallest absolute Gasteiger partial charge is 0.400 e. The molecule has 2 aromatic rings. The second kappa shape index (κ2) is 6.02. The van der Waals surface area contributed by atoms with Gasteiger partial charge < -0.3 is 14.6 Å². The molecule has 0 radical (unpaired) electrons. The Bertz CT molecular complexity index is 723. The highest BCUT2D eigenvalue weighted by molar-refractivity contribution is 7.16. The number of benzene rings is 1. The standard InChI is InChI=1S/C17H23BN2O2S/c1-16(2)17(3,4)22-18(21-16)13(10-19-5)8-12-6-7-15-14(9-12)20-11-23-15/h6-9,11,19H,10H2,1-5H3. The van der Waals surface area contributed by atoms with E-state index in [4.69, 9.17) is 9.31 Å². The highest BCUT2D eigenvalue weighted by Crippen LogP contribution is 2.38. The number of hydrogen-bond donors (Lipinski definition) is 1. The fourth-order valence-corrected chi connectivity index (χ4v) is 3.24. The Balaban J connectivity index is 1.92. The molecule has 1 aliphatic heterocycles. The second-order valence-electron chi connectivity index (χ2n) is 6.92. The van der Waals surface area contributed by atoms with Crippen LogP contribution in [-0.2, 0) is 9.31 Å². The second-order valence-corrected chi connectivity index (χ2v) is 7.80. The number of thiazole rings is 1. The van der Waals surface area contributed by atoms with Gasteiger partial charge in [0.1, 0.15) is 0 Å². The van der Waals surface area contributed by atoms with Gasteiger partial charge in [-0.05, 0) is 57.9 Å². The summed E-state index contributed by atoms with van der Waals surface area (Å²) >= 11 is 1.66. The lowest BCUT2D eigenvalue weighted by atomic mass is 9.77. The molecule has 0 amide bonds. The van der Waals surface area contributed by atoms with Crippen LogP contribution in [0.5, 0.6) is 0 Å². The Morgan fingerprint density at radius 3 is 2.61 bits per heavy atom. The Labute approximate surface area is 142 Å². The molecule has 1 aromatic heterocycles. The Morgan fingerprint density at radius 1 is 1.26 bits per heavy atom. The molecule has 23 heavy (non-hydrogen) atoms. The van der Waals surface area contributed by atoms with E-state index < -0.39 is 0 Å². The molecule has 0 unspecified atom stereocenters. The molecule has 2 heterocycles. The molecule has 4 nitrogen and oxygen atoms in total. The Hall–Kier alpha value is -1.21. The maximum Gasteiger partial charge on any atom is 0.491 e. The first-order chi connectivity index (χ1) is 10.8. The van der Waals surface area contributed by atoms with E-state index in [0.717, 1.165) is 16.6 Å². The van der Waals surface area contributed by atoms with Crippen LogP contribution in [-0.4, -0.2) is 36.9 Å². The third kappa shape index (κ3) is 3.22. The summed E-state index contributed by atoms with van der Waals surface area (Å²) in [6.07, 6.45) is 2.14. The number of nitrogens with one attached hydrogen (secondary N) is 1. The topological polar surface area (TPSA) is 43.4 Å². The molecule has 0 atom stereocenters. The number of fused-ring (bicyclic) bond motifs is 1. The molecule has 0 spiro atoms. The van der Waals surface area contributed by atoms with E-state index in [1.54, 1.807) is 11.3 Å². The van der Waals surface area contributed by atoms with Crippen molar-refractivity contribution in [1.82, 2.24) is 10.3 Å². The van der Waals surface area contributed by atoms with Gasteiger partial charge in [0.15, 0.2) is 0 Å². The van der Waals surface area contributed by atoms with Crippen molar-refractivity contribution in [3.63, 3.8) is 0 Å². The molecule has 122 valence electrons. The summed E-state index contributed by atoms with van der Waals surface area (Å²) < 4.78 is 13.6. The minimum atomic E-state index is -0.335. The van der Waals surface area contributed by atoms with Gasteiger partial charge in [0.2, 0.25) is 0 Å². The summed E-state index contributed by atoms with van der Waals surface area (Å²) in [5, 5.41) is 3.21. The molecule has 0 aliphatic carbocycles. The highest BCUT2D eigenvalue weighted by Gasteiger charge is 2.52. The van der Waals surface area contributed by atoms with Crippen molar-refractivity contribution in [2.24, 2.45) is 0 Å². The molecule has 3 rings (SSSR count). The SMILES string of the molecule is CNCC(=Cc1ccc2scnc2c1)B1OC(C)(C)C(C)(C)O1. The van der Waals surface area contributed by atoms with Crippen LogP contribution in [0, 0.1) is 0 Å². The molecule has 6 heteroatoms. The van der Waals surface area contributed by atoms with Gasteiger partial charge in [-0.3, -0.25) is 0 Å². The van der Waals surface area contributed by atoms with Crippen molar-refractivity contribution in [3.05, 3.63) is 34.7 Å². The minimum absolute atomic E-state index is 0.330. The molecule has 0 bridgehead atoms. The molecular weight excluding hydrogens is 307 g/mol. The first-order valence-electron chi connectivity index (χ1n) is 7.86. The summed E-state index contributed by atoms with van der Waals surface area (Å²) in [7, 11) is 1.60. The summed E-state index contributed by atoms with van der Waals surface area (Å²) in [6, 6.07) is 6.33. The molecule has 1 fully saturated rings. The fraction of sp³-hybridized carbons (Fsp3) is 0.471. The van der Waals surface area contributed by atoms with Crippen molar-refractivity contribution in [2.45, 2.75) is 38.9 Å². The Kier molecular flexibility index (Phi) is 4.36. The fourth-order valence-electron chi connectivity index (χ4n) is 2.58. The third-order valence-electron chi connectivity index (χ3n) is 4.64. The van der Waals surface area contributed by atoms with Crippen molar-refractivity contribution in [3.8, 4) is 0 Å². The summed E-state index contributed by atoms with van der Waals surface area (Å²) in [5.74, 6) is 0. The van der Waals surface area contributed by atoms with E-state index in [-0.39, 0.29) is 18.3 Å². The summed E-state index contributed by atoms with van der Waals surface area (Å²) in [4.78, 5) is 4.39. The van der Waals surface area contributed by atoms with Gasteiger partial charge in [-0.1, -0.05) is 12.1 Å². The number of rotatable bonds is 4. The van der Waals surface area contributed by atoms with Crippen molar-refractivity contribution in [2.75, 3.05) is 13.6 Å². The van der Waals surface area contributed by atoms with Gasteiger partial charge in [-0.25, -0.2) is 4.98 Å². The molecular formula is C17H23BN2O2S. The average molecular weight is 330 g/mol. The van der Waals surface area contributed by atoms with Gasteiger partial charge in [-0.2, -0.15) is 0 Å². The number of likely N-dealkylation sites (N-methyl/N-ethyl adjacent to an activating group) is 1. The van der Waals surface area contributed by atoms with Gasteiger partial charge in [0.25, 0.3) is 0 Å². The van der Waals surface area contributed by atoms with Crippen LogP contribution in [0.15, 0.2) is 29.2 Å². The van der Waals surface area contributed by atoms with E-state index in [0.29, 0.717) is 6.54 Å².